The summed E-state index contributed by atoms with van der Waals surface area (Å²) in [6.45, 7) is 2.05. The minimum absolute atomic E-state index is 0.0178. The van der Waals surface area contributed by atoms with E-state index >= 15 is 0 Å². The van der Waals surface area contributed by atoms with Crippen LogP contribution in [0.2, 0.25) is 0 Å². The monoisotopic (exact) mass is 349 g/mol. The fourth-order valence-corrected chi connectivity index (χ4v) is 3.73. The molecule has 1 aromatic rings. The van der Waals surface area contributed by atoms with Gasteiger partial charge >= 0.3 is 0 Å². The predicted octanol–water partition coefficient (Wildman–Crippen LogP) is 1.33. The zero-order valence-corrected chi connectivity index (χ0v) is 14.1. The lowest BCUT2D eigenvalue weighted by Gasteiger charge is -2.46. The van der Waals surface area contributed by atoms with Crippen molar-refractivity contribution < 1.29 is 28.8 Å². The van der Waals surface area contributed by atoms with Crippen LogP contribution in [0.4, 0.5) is 0 Å². The van der Waals surface area contributed by atoms with E-state index in [2.05, 4.69) is 0 Å². The number of nitrogens with zero attached hydrogens (tertiary/aromatic N) is 1. The third-order valence-corrected chi connectivity index (χ3v) is 5.29. The Kier molecular flexibility index (Phi) is 4.43. The van der Waals surface area contributed by atoms with Crippen LogP contribution < -0.4 is 14.2 Å². The Morgan fingerprint density at radius 3 is 2.88 bits per heavy atom. The van der Waals surface area contributed by atoms with Crippen molar-refractivity contribution in [2.24, 2.45) is 0 Å². The van der Waals surface area contributed by atoms with Gasteiger partial charge in [-0.05, 0) is 37.8 Å². The number of piperidine rings is 1. The molecular formula is C18H23NO6. The number of fused-ring (bicyclic) bond motifs is 1. The lowest BCUT2D eigenvalue weighted by molar-refractivity contribution is -0.180. The molecule has 1 atom stereocenters. The number of ether oxygens (including phenoxy) is 4. The van der Waals surface area contributed by atoms with Gasteiger partial charge in [0.25, 0.3) is 5.91 Å². The first-order valence-corrected chi connectivity index (χ1v) is 8.79. The van der Waals surface area contributed by atoms with E-state index in [0.717, 1.165) is 12.8 Å². The summed E-state index contributed by atoms with van der Waals surface area (Å²) in [4.78, 5) is 14.2. The van der Waals surface area contributed by atoms with Gasteiger partial charge in [-0.1, -0.05) is 0 Å². The fraction of sp³-hybridized carbons (Fsp3) is 0.611. The predicted molar refractivity (Wildman–Crippen MR) is 87.8 cm³/mol. The Morgan fingerprint density at radius 2 is 2.08 bits per heavy atom. The molecule has 136 valence electrons. The topological polar surface area (TPSA) is 77.5 Å². The minimum atomic E-state index is -0.465. The Bertz CT molecular complexity index is 640. The van der Waals surface area contributed by atoms with Gasteiger partial charge in [0.1, 0.15) is 5.75 Å². The second-order valence-electron chi connectivity index (χ2n) is 6.76. The normalized spacial score (nSPS) is 24.4. The number of aliphatic hydroxyl groups excluding tert-OH is 1. The van der Waals surface area contributed by atoms with Crippen molar-refractivity contribution in [1.82, 2.24) is 4.90 Å². The smallest absolute Gasteiger partial charge is 0.260 e. The quantitative estimate of drug-likeness (QED) is 0.887. The molecule has 1 amide bonds. The number of hydrogen-bond donors (Lipinski definition) is 1. The lowest BCUT2D eigenvalue weighted by Crippen LogP contribution is -2.56. The zero-order valence-electron chi connectivity index (χ0n) is 14.1. The highest BCUT2D eigenvalue weighted by molar-refractivity contribution is 5.78. The van der Waals surface area contributed by atoms with Gasteiger partial charge < -0.3 is 29.0 Å². The lowest BCUT2D eigenvalue weighted by atomic mass is 9.82. The van der Waals surface area contributed by atoms with Crippen molar-refractivity contribution in [1.29, 1.82) is 0 Å². The standard InChI is InChI=1S/C18H23NO6/c20-16-2-1-9-25-18(16)5-7-19(8-6-18)17(21)11-22-13-3-4-14-15(10-13)24-12-23-14/h3-4,10,16,20H,1-2,5-9,11-12H2/t16-/m1/s1. The van der Waals surface area contributed by atoms with Gasteiger partial charge in [-0.3, -0.25) is 4.79 Å². The van der Waals surface area contributed by atoms with E-state index in [1.54, 1.807) is 23.1 Å². The number of carbonyl (C=O) groups excluding carboxylic acids is 1. The summed E-state index contributed by atoms with van der Waals surface area (Å²) in [5, 5.41) is 10.3. The maximum absolute atomic E-state index is 12.4. The summed E-state index contributed by atoms with van der Waals surface area (Å²) in [6.07, 6.45) is 2.59. The van der Waals surface area contributed by atoms with E-state index in [0.29, 0.717) is 49.8 Å². The highest BCUT2D eigenvalue weighted by Gasteiger charge is 2.44. The first-order valence-electron chi connectivity index (χ1n) is 8.79. The van der Waals surface area contributed by atoms with E-state index < -0.39 is 11.7 Å². The number of benzene rings is 1. The van der Waals surface area contributed by atoms with Gasteiger partial charge in [0.15, 0.2) is 18.1 Å². The number of aliphatic hydroxyl groups is 1. The van der Waals surface area contributed by atoms with Crippen molar-refractivity contribution in [2.45, 2.75) is 37.4 Å². The van der Waals surface area contributed by atoms with Crippen LogP contribution in [-0.2, 0) is 9.53 Å². The molecule has 4 rings (SSSR count). The van der Waals surface area contributed by atoms with Gasteiger partial charge in [0.2, 0.25) is 6.79 Å². The van der Waals surface area contributed by atoms with Gasteiger partial charge in [-0.25, -0.2) is 0 Å². The molecule has 25 heavy (non-hydrogen) atoms. The van der Waals surface area contributed by atoms with Gasteiger partial charge in [-0.15, -0.1) is 0 Å². The first kappa shape index (κ1) is 16.5. The highest BCUT2D eigenvalue weighted by atomic mass is 16.7. The third kappa shape index (κ3) is 3.26. The molecule has 0 aromatic heterocycles. The maximum atomic E-state index is 12.4. The summed E-state index contributed by atoms with van der Waals surface area (Å²) >= 11 is 0. The van der Waals surface area contributed by atoms with Crippen LogP contribution in [0.15, 0.2) is 18.2 Å². The summed E-state index contributed by atoms with van der Waals surface area (Å²) in [7, 11) is 0. The minimum Gasteiger partial charge on any atom is -0.484 e. The number of likely N-dealkylation sites (tertiary alicyclic amines) is 1. The van der Waals surface area contributed by atoms with Crippen LogP contribution >= 0.6 is 0 Å². The van der Waals surface area contributed by atoms with Crippen LogP contribution in [0.5, 0.6) is 17.2 Å². The van der Waals surface area contributed by atoms with E-state index in [9.17, 15) is 9.90 Å². The molecule has 2 saturated heterocycles. The molecule has 0 unspecified atom stereocenters. The summed E-state index contributed by atoms with van der Waals surface area (Å²) < 4.78 is 22.0. The van der Waals surface area contributed by atoms with Gasteiger partial charge in [-0.2, -0.15) is 0 Å². The molecule has 7 heteroatoms. The molecule has 3 aliphatic heterocycles. The van der Waals surface area contributed by atoms with Crippen molar-refractivity contribution in [3.05, 3.63) is 18.2 Å². The van der Waals surface area contributed by atoms with E-state index in [1.165, 1.54) is 0 Å². The Morgan fingerprint density at radius 1 is 1.28 bits per heavy atom. The molecule has 0 saturated carbocycles. The molecule has 1 aromatic carbocycles. The van der Waals surface area contributed by atoms with Crippen molar-refractivity contribution in [2.75, 3.05) is 33.1 Å². The number of amides is 1. The number of carbonyl (C=O) groups is 1. The van der Waals surface area contributed by atoms with Crippen molar-refractivity contribution in [3.8, 4) is 17.2 Å². The Balaban J connectivity index is 1.29. The fourth-order valence-electron chi connectivity index (χ4n) is 3.73. The molecule has 7 nitrogen and oxygen atoms in total. The van der Waals surface area contributed by atoms with E-state index in [-0.39, 0.29) is 19.3 Å². The van der Waals surface area contributed by atoms with E-state index in [1.807, 2.05) is 0 Å². The van der Waals surface area contributed by atoms with Crippen LogP contribution in [0.3, 0.4) is 0 Å². The zero-order chi connectivity index (χ0) is 17.3. The highest BCUT2D eigenvalue weighted by Crippen LogP contribution is 2.36. The molecule has 0 aliphatic carbocycles. The first-order chi connectivity index (χ1) is 12.2. The van der Waals surface area contributed by atoms with E-state index in [4.69, 9.17) is 18.9 Å². The SMILES string of the molecule is O=C(COc1ccc2c(c1)OCO2)N1CCC2(CC1)OCCC[C@H]2O. The van der Waals surface area contributed by atoms with Crippen LogP contribution in [0.25, 0.3) is 0 Å². The summed E-state index contributed by atoms with van der Waals surface area (Å²) in [5.74, 6) is 1.84. The summed E-state index contributed by atoms with van der Waals surface area (Å²) in [6, 6.07) is 5.26. The maximum Gasteiger partial charge on any atom is 0.260 e. The third-order valence-electron chi connectivity index (χ3n) is 5.29. The second kappa shape index (κ2) is 6.72. The largest absolute Gasteiger partial charge is 0.484 e. The molecule has 2 fully saturated rings. The van der Waals surface area contributed by atoms with Crippen LogP contribution in [0, 0.1) is 0 Å². The van der Waals surface area contributed by atoms with Crippen molar-refractivity contribution in [3.63, 3.8) is 0 Å². The summed E-state index contributed by atoms with van der Waals surface area (Å²) in [5.41, 5.74) is -0.465. The molecule has 3 aliphatic rings. The van der Waals surface area contributed by atoms with Gasteiger partial charge in [0.05, 0.1) is 11.7 Å². The van der Waals surface area contributed by atoms with Crippen LogP contribution in [0.1, 0.15) is 25.7 Å². The Labute approximate surface area is 146 Å². The molecule has 1 spiro atoms. The molecule has 1 N–H and O–H groups in total. The molecule has 0 radical (unpaired) electrons. The van der Waals surface area contributed by atoms with Crippen LogP contribution in [-0.4, -0.2) is 60.7 Å². The number of rotatable bonds is 3. The average molecular weight is 349 g/mol. The average Bonchev–Trinajstić information content (AvgIpc) is 3.11. The number of hydrogen-bond acceptors (Lipinski definition) is 6. The van der Waals surface area contributed by atoms with Gasteiger partial charge in [0, 0.05) is 25.8 Å². The second-order valence-corrected chi connectivity index (χ2v) is 6.76. The Hall–Kier alpha value is -1.99. The van der Waals surface area contributed by atoms with Crippen molar-refractivity contribution >= 4 is 5.91 Å². The molecule has 0 bridgehead atoms. The molecular weight excluding hydrogens is 326 g/mol. The molecule has 3 heterocycles.